The van der Waals surface area contributed by atoms with E-state index in [4.69, 9.17) is 11.6 Å². The molecule has 2 aromatic carbocycles. The van der Waals surface area contributed by atoms with Gasteiger partial charge in [-0.05, 0) is 75.1 Å². The molecule has 0 aliphatic carbocycles. The molecule has 0 bridgehead atoms. The number of carbonyl (C=O) groups is 2. The summed E-state index contributed by atoms with van der Waals surface area (Å²) in [4.78, 5) is 27.1. The van der Waals surface area contributed by atoms with Gasteiger partial charge in [0.2, 0.25) is 0 Å². The van der Waals surface area contributed by atoms with Crippen molar-refractivity contribution in [2.24, 2.45) is 0 Å². The number of hydrogen-bond donors (Lipinski definition) is 1. The van der Waals surface area contributed by atoms with Crippen LogP contribution in [0.5, 0.6) is 0 Å². The fourth-order valence-corrected chi connectivity index (χ4v) is 3.62. The molecule has 27 heavy (non-hydrogen) atoms. The minimum Gasteiger partial charge on any atom is -0.336 e. The van der Waals surface area contributed by atoms with Crippen molar-refractivity contribution in [1.29, 1.82) is 0 Å². The van der Waals surface area contributed by atoms with Gasteiger partial charge >= 0.3 is 0 Å². The summed E-state index contributed by atoms with van der Waals surface area (Å²) in [7, 11) is 0. The standard InChI is InChI=1S/C21H22ClFN2O2/c1-13-11-15(21(27)25-10-4-3-5-14(25)2)6-9-19(13)24-20(26)17-8-7-16(23)12-18(17)22/h6-9,11-12,14H,3-5,10H2,1-2H3,(H,24,26). The molecule has 6 heteroatoms. The largest absolute Gasteiger partial charge is 0.336 e. The highest BCUT2D eigenvalue weighted by atomic mass is 35.5. The van der Waals surface area contributed by atoms with Crippen LogP contribution in [-0.4, -0.2) is 29.3 Å². The molecule has 0 saturated carbocycles. The van der Waals surface area contributed by atoms with E-state index in [1.54, 1.807) is 18.2 Å². The van der Waals surface area contributed by atoms with Crippen molar-refractivity contribution in [2.45, 2.75) is 39.2 Å². The zero-order chi connectivity index (χ0) is 19.6. The molecule has 1 unspecified atom stereocenters. The van der Waals surface area contributed by atoms with E-state index >= 15 is 0 Å². The van der Waals surface area contributed by atoms with Gasteiger partial charge in [0.05, 0.1) is 10.6 Å². The molecule has 2 amide bonds. The molecule has 0 aromatic heterocycles. The van der Waals surface area contributed by atoms with E-state index in [2.05, 4.69) is 12.2 Å². The first-order chi connectivity index (χ1) is 12.9. The maximum atomic E-state index is 13.2. The van der Waals surface area contributed by atoms with Gasteiger partial charge < -0.3 is 10.2 Å². The number of nitrogens with one attached hydrogen (secondary N) is 1. The average Bonchev–Trinajstić information content (AvgIpc) is 2.63. The van der Waals surface area contributed by atoms with E-state index in [9.17, 15) is 14.0 Å². The zero-order valence-corrected chi connectivity index (χ0v) is 16.1. The van der Waals surface area contributed by atoms with Crippen LogP contribution in [0.3, 0.4) is 0 Å². The van der Waals surface area contributed by atoms with Crippen LogP contribution in [0.1, 0.15) is 52.5 Å². The first-order valence-electron chi connectivity index (χ1n) is 9.05. The van der Waals surface area contributed by atoms with Crippen LogP contribution in [0.2, 0.25) is 5.02 Å². The first kappa shape index (κ1) is 19.4. The number of anilines is 1. The minimum absolute atomic E-state index is 0.0183. The number of piperidine rings is 1. The highest BCUT2D eigenvalue weighted by molar-refractivity contribution is 6.34. The third-order valence-corrected chi connectivity index (χ3v) is 5.27. The van der Waals surface area contributed by atoms with Gasteiger partial charge in [0, 0.05) is 23.8 Å². The summed E-state index contributed by atoms with van der Waals surface area (Å²) < 4.78 is 13.2. The van der Waals surface area contributed by atoms with Crippen molar-refractivity contribution in [2.75, 3.05) is 11.9 Å². The van der Waals surface area contributed by atoms with Crippen molar-refractivity contribution >= 4 is 29.1 Å². The predicted octanol–water partition coefficient (Wildman–Crippen LogP) is 5.05. The number of halogens is 2. The third kappa shape index (κ3) is 4.30. The molecule has 1 heterocycles. The van der Waals surface area contributed by atoms with Gasteiger partial charge in [0.25, 0.3) is 11.8 Å². The van der Waals surface area contributed by atoms with Gasteiger partial charge in [-0.15, -0.1) is 0 Å². The van der Waals surface area contributed by atoms with Crippen molar-refractivity contribution < 1.29 is 14.0 Å². The lowest BCUT2D eigenvalue weighted by Crippen LogP contribution is -2.42. The molecule has 0 radical (unpaired) electrons. The smallest absolute Gasteiger partial charge is 0.257 e. The molecule has 1 aliphatic rings. The van der Waals surface area contributed by atoms with Gasteiger partial charge in [-0.3, -0.25) is 9.59 Å². The van der Waals surface area contributed by atoms with Crippen LogP contribution in [0.4, 0.5) is 10.1 Å². The summed E-state index contributed by atoms with van der Waals surface area (Å²) in [5.74, 6) is -0.904. The first-order valence-corrected chi connectivity index (χ1v) is 9.42. The normalized spacial score (nSPS) is 16.9. The van der Waals surface area contributed by atoms with E-state index in [0.29, 0.717) is 11.3 Å². The number of nitrogens with zero attached hydrogens (tertiary/aromatic N) is 1. The Kier molecular flexibility index (Phi) is 5.80. The van der Waals surface area contributed by atoms with Crippen LogP contribution < -0.4 is 5.32 Å². The lowest BCUT2D eigenvalue weighted by Gasteiger charge is -2.33. The van der Waals surface area contributed by atoms with E-state index in [-0.39, 0.29) is 22.5 Å². The van der Waals surface area contributed by atoms with Crippen molar-refractivity contribution in [3.63, 3.8) is 0 Å². The molecule has 3 rings (SSSR count). The zero-order valence-electron chi connectivity index (χ0n) is 15.4. The van der Waals surface area contributed by atoms with Crippen LogP contribution >= 0.6 is 11.6 Å². The molecular formula is C21H22ClFN2O2. The molecule has 1 aliphatic heterocycles. The summed E-state index contributed by atoms with van der Waals surface area (Å²) >= 11 is 5.95. The van der Waals surface area contributed by atoms with Gasteiger partial charge in [-0.2, -0.15) is 0 Å². The molecule has 142 valence electrons. The molecule has 4 nitrogen and oxygen atoms in total. The molecule has 1 atom stereocenters. The Morgan fingerprint density at radius 1 is 1.19 bits per heavy atom. The fourth-order valence-electron chi connectivity index (χ4n) is 3.37. The van der Waals surface area contributed by atoms with Gasteiger partial charge in [-0.1, -0.05) is 11.6 Å². The van der Waals surface area contributed by atoms with Crippen molar-refractivity contribution in [3.8, 4) is 0 Å². The van der Waals surface area contributed by atoms with Gasteiger partial charge in [-0.25, -0.2) is 4.39 Å². The van der Waals surface area contributed by atoms with Crippen LogP contribution in [0.25, 0.3) is 0 Å². The lowest BCUT2D eigenvalue weighted by atomic mass is 10.0. The number of benzene rings is 2. The Morgan fingerprint density at radius 3 is 2.63 bits per heavy atom. The topological polar surface area (TPSA) is 49.4 Å². The Labute approximate surface area is 163 Å². The molecule has 0 spiro atoms. The second kappa shape index (κ2) is 8.09. The second-order valence-electron chi connectivity index (χ2n) is 6.95. The third-order valence-electron chi connectivity index (χ3n) is 4.96. The van der Waals surface area contributed by atoms with Crippen LogP contribution in [-0.2, 0) is 0 Å². The summed E-state index contributed by atoms with van der Waals surface area (Å²) in [6.45, 7) is 4.68. The summed E-state index contributed by atoms with van der Waals surface area (Å²) in [5, 5.41) is 2.82. The molecular weight excluding hydrogens is 367 g/mol. The maximum Gasteiger partial charge on any atom is 0.257 e. The lowest BCUT2D eigenvalue weighted by molar-refractivity contribution is 0.0635. The molecule has 1 N–H and O–H groups in total. The van der Waals surface area contributed by atoms with E-state index in [1.165, 1.54) is 12.1 Å². The van der Waals surface area contributed by atoms with Gasteiger partial charge in [0.15, 0.2) is 0 Å². The van der Waals surface area contributed by atoms with E-state index in [0.717, 1.165) is 37.4 Å². The number of likely N-dealkylation sites (tertiary alicyclic amines) is 1. The Bertz CT molecular complexity index is 884. The molecule has 1 fully saturated rings. The Morgan fingerprint density at radius 2 is 1.96 bits per heavy atom. The Hall–Kier alpha value is -2.40. The van der Waals surface area contributed by atoms with Crippen molar-refractivity contribution in [1.82, 2.24) is 4.90 Å². The molecule has 1 saturated heterocycles. The SMILES string of the molecule is Cc1cc(C(=O)N2CCCCC2C)ccc1NC(=O)c1ccc(F)cc1Cl. The fraction of sp³-hybridized carbons (Fsp3) is 0.333. The van der Waals surface area contributed by atoms with Crippen LogP contribution in [0.15, 0.2) is 36.4 Å². The number of hydrogen-bond acceptors (Lipinski definition) is 2. The van der Waals surface area contributed by atoms with E-state index < -0.39 is 11.7 Å². The minimum atomic E-state index is -0.498. The summed E-state index contributed by atoms with van der Waals surface area (Å²) in [5.41, 5.74) is 2.17. The summed E-state index contributed by atoms with van der Waals surface area (Å²) in [6.07, 6.45) is 3.21. The van der Waals surface area contributed by atoms with Crippen molar-refractivity contribution in [3.05, 3.63) is 63.9 Å². The number of carbonyl (C=O) groups excluding carboxylic acids is 2. The van der Waals surface area contributed by atoms with Gasteiger partial charge in [0.1, 0.15) is 5.82 Å². The van der Waals surface area contributed by atoms with E-state index in [1.807, 2.05) is 11.8 Å². The highest BCUT2D eigenvalue weighted by Gasteiger charge is 2.24. The number of rotatable bonds is 3. The highest BCUT2D eigenvalue weighted by Crippen LogP contribution is 2.24. The predicted molar refractivity (Wildman–Crippen MR) is 105 cm³/mol. The second-order valence-corrected chi connectivity index (χ2v) is 7.36. The monoisotopic (exact) mass is 388 g/mol. The molecule has 2 aromatic rings. The Balaban J connectivity index is 1.76. The number of aryl methyl sites for hydroxylation is 1. The number of amides is 2. The summed E-state index contributed by atoms with van der Waals surface area (Å²) in [6, 6.07) is 9.10. The quantitative estimate of drug-likeness (QED) is 0.799. The average molecular weight is 389 g/mol. The maximum absolute atomic E-state index is 13.2. The van der Waals surface area contributed by atoms with Crippen LogP contribution in [0, 0.1) is 12.7 Å².